The van der Waals surface area contributed by atoms with Gasteiger partial charge in [-0.3, -0.25) is 0 Å². The van der Waals surface area contributed by atoms with Crippen molar-refractivity contribution >= 4 is 16.7 Å². The van der Waals surface area contributed by atoms with Crippen molar-refractivity contribution in [1.29, 1.82) is 0 Å². The molecule has 4 rings (SSSR count). The summed E-state index contributed by atoms with van der Waals surface area (Å²) >= 11 is 0. The van der Waals surface area contributed by atoms with E-state index in [4.69, 9.17) is 10.7 Å². The first-order chi connectivity index (χ1) is 11.1. The summed E-state index contributed by atoms with van der Waals surface area (Å²) in [6.07, 6.45) is 2.80. The van der Waals surface area contributed by atoms with Gasteiger partial charge in [-0.25, -0.2) is 9.97 Å². The highest BCUT2D eigenvalue weighted by molar-refractivity contribution is 5.86. The van der Waals surface area contributed by atoms with Gasteiger partial charge in [-0.15, -0.1) is 0 Å². The first-order valence-corrected chi connectivity index (χ1v) is 7.97. The molecule has 0 bridgehead atoms. The van der Waals surface area contributed by atoms with Crippen molar-refractivity contribution in [3.05, 3.63) is 54.7 Å². The summed E-state index contributed by atoms with van der Waals surface area (Å²) in [5, 5.41) is 2.46. The molecule has 1 fully saturated rings. The number of nitrogens with zero attached hydrogens (tertiary/aromatic N) is 3. The monoisotopic (exact) mass is 304 g/mol. The quantitative estimate of drug-likeness (QED) is 0.790. The minimum absolute atomic E-state index is 0.150. The molecule has 1 aliphatic rings. The summed E-state index contributed by atoms with van der Waals surface area (Å²) in [4.78, 5) is 11.4. The summed E-state index contributed by atoms with van der Waals surface area (Å²) in [5.74, 6) is 0.768. The van der Waals surface area contributed by atoms with Crippen molar-refractivity contribution in [2.24, 2.45) is 5.73 Å². The Bertz CT molecular complexity index is 857. The zero-order chi connectivity index (χ0) is 15.9. The molecule has 116 valence electrons. The molecule has 1 aromatic heterocycles. The third-order valence-electron chi connectivity index (χ3n) is 4.48. The maximum Gasteiger partial charge on any atom is 0.225 e. The Hall–Kier alpha value is -2.46. The van der Waals surface area contributed by atoms with E-state index >= 15 is 0 Å². The van der Waals surface area contributed by atoms with E-state index in [9.17, 15) is 0 Å². The average molecular weight is 304 g/mol. The fourth-order valence-corrected chi connectivity index (χ4v) is 3.17. The Labute approximate surface area is 136 Å². The van der Waals surface area contributed by atoms with Gasteiger partial charge in [-0.2, -0.15) is 0 Å². The van der Waals surface area contributed by atoms with E-state index in [0.29, 0.717) is 0 Å². The Morgan fingerprint density at radius 2 is 1.91 bits per heavy atom. The van der Waals surface area contributed by atoms with E-state index in [1.54, 1.807) is 0 Å². The van der Waals surface area contributed by atoms with E-state index in [1.165, 1.54) is 10.8 Å². The predicted octanol–water partition coefficient (Wildman–Crippen LogP) is 3.22. The van der Waals surface area contributed by atoms with E-state index in [1.807, 2.05) is 12.3 Å². The molecule has 1 atom stereocenters. The molecule has 0 aliphatic carbocycles. The van der Waals surface area contributed by atoms with Crippen LogP contribution in [-0.2, 0) is 0 Å². The van der Waals surface area contributed by atoms with Crippen molar-refractivity contribution in [1.82, 2.24) is 9.97 Å². The second-order valence-corrected chi connectivity index (χ2v) is 6.63. The van der Waals surface area contributed by atoms with Gasteiger partial charge in [0.1, 0.15) is 0 Å². The van der Waals surface area contributed by atoms with Crippen molar-refractivity contribution in [2.75, 3.05) is 18.0 Å². The lowest BCUT2D eigenvalue weighted by atomic mass is 10.0. The molecule has 1 unspecified atom stereocenters. The van der Waals surface area contributed by atoms with E-state index in [-0.39, 0.29) is 5.54 Å². The van der Waals surface area contributed by atoms with Gasteiger partial charge < -0.3 is 10.6 Å². The fraction of sp³-hybridized carbons (Fsp3) is 0.263. The zero-order valence-corrected chi connectivity index (χ0v) is 13.2. The van der Waals surface area contributed by atoms with Crippen LogP contribution >= 0.6 is 0 Å². The van der Waals surface area contributed by atoms with Crippen LogP contribution < -0.4 is 10.6 Å². The Morgan fingerprint density at radius 1 is 1.09 bits per heavy atom. The number of aromatic nitrogens is 2. The molecule has 1 aliphatic heterocycles. The van der Waals surface area contributed by atoms with Gasteiger partial charge in [-0.05, 0) is 36.2 Å². The highest BCUT2D eigenvalue weighted by Gasteiger charge is 2.31. The molecule has 23 heavy (non-hydrogen) atoms. The molecule has 0 spiro atoms. The van der Waals surface area contributed by atoms with Gasteiger partial charge in [0.25, 0.3) is 0 Å². The minimum atomic E-state index is -0.150. The van der Waals surface area contributed by atoms with Crippen LogP contribution in [0.15, 0.2) is 54.7 Å². The van der Waals surface area contributed by atoms with Gasteiger partial charge in [0.15, 0.2) is 0 Å². The molecule has 3 aromatic rings. The van der Waals surface area contributed by atoms with Crippen LogP contribution in [0.1, 0.15) is 13.3 Å². The van der Waals surface area contributed by atoms with Crippen molar-refractivity contribution in [3.63, 3.8) is 0 Å². The smallest absolute Gasteiger partial charge is 0.225 e. The molecule has 2 heterocycles. The summed E-state index contributed by atoms with van der Waals surface area (Å²) in [6, 6.07) is 16.8. The number of hydrogen-bond acceptors (Lipinski definition) is 4. The predicted molar refractivity (Wildman–Crippen MR) is 94.4 cm³/mol. The van der Waals surface area contributed by atoms with Crippen LogP contribution in [0.2, 0.25) is 0 Å². The summed E-state index contributed by atoms with van der Waals surface area (Å²) in [7, 11) is 0. The Balaban J connectivity index is 1.70. The molecule has 4 heteroatoms. The lowest BCUT2D eigenvalue weighted by Crippen LogP contribution is -2.39. The normalized spacial score (nSPS) is 21.0. The van der Waals surface area contributed by atoms with Crippen LogP contribution in [0.3, 0.4) is 0 Å². The lowest BCUT2D eigenvalue weighted by Gasteiger charge is -2.20. The number of benzene rings is 2. The molecule has 0 saturated carbocycles. The standard InChI is InChI=1S/C19H20N4/c1-19(20)9-11-23(13-19)18-21-10-8-17(22-18)16-7-6-14-4-2-3-5-15(14)12-16/h2-8,10,12H,9,11,13,20H2,1H3. The number of rotatable bonds is 2. The topological polar surface area (TPSA) is 55.0 Å². The molecule has 0 amide bonds. The third-order valence-corrected chi connectivity index (χ3v) is 4.48. The summed E-state index contributed by atoms with van der Waals surface area (Å²) in [5.41, 5.74) is 8.13. The molecule has 1 saturated heterocycles. The number of hydrogen-bond donors (Lipinski definition) is 1. The molecule has 2 aromatic carbocycles. The Kier molecular flexibility index (Phi) is 3.27. The Morgan fingerprint density at radius 3 is 2.70 bits per heavy atom. The molecule has 4 nitrogen and oxygen atoms in total. The molecule has 0 radical (unpaired) electrons. The average Bonchev–Trinajstić information content (AvgIpc) is 2.95. The first kappa shape index (κ1) is 14.2. The second kappa shape index (κ2) is 5.32. The minimum Gasteiger partial charge on any atom is -0.339 e. The number of anilines is 1. The van der Waals surface area contributed by atoms with Gasteiger partial charge >= 0.3 is 0 Å². The first-order valence-electron chi connectivity index (χ1n) is 7.97. The fourth-order valence-electron chi connectivity index (χ4n) is 3.17. The van der Waals surface area contributed by atoms with Gasteiger partial charge in [-0.1, -0.05) is 36.4 Å². The van der Waals surface area contributed by atoms with Crippen molar-refractivity contribution < 1.29 is 0 Å². The highest BCUT2D eigenvalue weighted by atomic mass is 15.3. The second-order valence-electron chi connectivity index (χ2n) is 6.63. The van der Waals surface area contributed by atoms with Crippen LogP contribution in [0.5, 0.6) is 0 Å². The van der Waals surface area contributed by atoms with Crippen molar-refractivity contribution in [3.8, 4) is 11.3 Å². The molecular formula is C19H20N4. The van der Waals surface area contributed by atoms with Crippen LogP contribution in [0, 0.1) is 0 Å². The molecule has 2 N–H and O–H groups in total. The maximum absolute atomic E-state index is 6.22. The SMILES string of the molecule is CC1(N)CCN(c2nccc(-c3ccc4ccccc4c3)n2)C1. The van der Waals surface area contributed by atoms with Crippen molar-refractivity contribution in [2.45, 2.75) is 18.9 Å². The maximum atomic E-state index is 6.22. The highest BCUT2D eigenvalue weighted by Crippen LogP contribution is 2.26. The van der Waals surface area contributed by atoms with Gasteiger partial charge in [0.2, 0.25) is 5.95 Å². The summed E-state index contributed by atoms with van der Waals surface area (Å²) < 4.78 is 0. The van der Waals surface area contributed by atoms with Gasteiger partial charge in [0.05, 0.1) is 5.69 Å². The van der Waals surface area contributed by atoms with Crippen LogP contribution in [0.25, 0.3) is 22.0 Å². The lowest BCUT2D eigenvalue weighted by molar-refractivity contribution is 0.524. The van der Waals surface area contributed by atoms with E-state index in [0.717, 1.165) is 36.7 Å². The summed E-state index contributed by atoms with van der Waals surface area (Å²) in [6.45, 7) is 3.79. The van der Waals surface area contributed by atoms with Crippen LogP contribution in [0.4, 0.5) is 5.95 Å². The third kappa shape index (κ3) is 2.78. The largest absolute Gasteiger partial charge is 0.339 e. The van der Waals surface area contributed by atoms with E-state index in [2.05, 4.69) is 59.3 Å². The number of nitrogens with two attached hydrogens (primary N) is 1. The number of fused-ring (bicyclic) bond motifs is 1. The zero-order valence-electron chi connectivity index (χ0n) is 13.2. The molecular weight excluding hydrogens is 284 g/mol. The van der Waals surface area contributed by atoms with E-state index < -0.39 is 0 Å². The van der Waals surface area contributed by atoms with Gasteiger partial charge in [0, 0.05) is 30.4 Å². The van der Waals surface area contributed by atoms with Crippen LogP contribution in [-0.4, -0.2) is 28.6 Å².